The van der Waals surface area contributed by atoms with Gasteiger partial charge < -0.3 is 10.7 Å². The van der Waals surface area contributed by atoms with Gasteiger partial charge in [0.2, 0.25) is 5.91 Å². The van der Waals surface area contributed by atoms with Gasteiger partial charge in [0, 0.05) is 18.1 Å². The number of nitrogens with one attached hydrogen (secondary N) is 1. The number of aryl methyl sites for hydroxylation is 1. The van der Waals surface area contributed by atoms with Crippen LogP contribution in [0.15, 0.2) is 28.6 Å². The SMILES string of the molecule is CCc1cnc(Sc2ncc(C(N)=O)cc2Cl)[nH]1. The van der Waals surface area contributed by atoms with Crippen LogP contribution in [0.5, 0.6) is 0 Å². The summed E-state index contributed by atoms with van der Waals surface area (Å²) >= 11 is 7.34. The van der Waals surface area contributed by atoms with E-state index in [1.165, 1.54) is 24.0 Å². The number of aromatic amines is 1. The molecule has 2 aromatic rings. The first-order chi connectivity index (χ1) is 8.60. The molecule has 3 N–H and O–H groups in total. The van der Waals surface area contributed by atoms with E-state index in [9.17, 15) is 4.79 Å². The van der Waals surface area contributed by atoms with Crippen molar-refractivity contribution in [2.24, 2.45) is 5.73 Å². The van der Waals surface area contributed by atoms with E-state index in [-0.39, 0.29) is 5.56 Å². The fourth-order valence-corrected chi connectivity index (χ4v) is 2.31. The van der Waals surface area contributed by atoms with Crippen molar-refractivity contribution >= 4 is 29.3 Å². The summed E-state index contributed by atoms with van der Waals surface area (Å²) in [7, 11) is 0. The number of aromatic nitrogens is 3. The van der Waals surface area contributed by atoms with E-state index in [1.807, 2.05) is 6.92 Å². The lowest BCUT2D eigenvalue weighted by molar-refractivity contribution is 0.1000. The zero-order valence-electron chi connectivity index (χ0n) is 9.61. The molecule has 0 aliphatic carbocycles. The van der Waals surface area contributed by atoms with Gasteiger partial charge in [0.1, 0.15) is 5.03 Å². The number of carbonyl (C=O) groups is 1. The lowest BCUT2D eigenvalue weighted by Crippen LogP contribution is -2.11. The van der Waals surface area contributed by atoms with Gasteiger partial charge in [0.15, 0.2) is 5.16 Å². The number of pyridine rings is 1. The zero-order chi connectivity index (χ0) is 13.1. The van der Waals surface area contributed by atoms with E-state index in [2.05, 4.69) is 15.0 Å². The Bertz CT molecular complexity index is 584. The van der Waals surface area contributed by atoms with E-state index in [0.717, 1.165) is 12.1 Å². The topological polar surface area (TPSA) is 84.7 Å². The molecule has 0 unspecified atom stereocenters. The van der Waals surface area contributed by atoms with Crippen molar-refractivity contribution in [3.63, 3.8) is 0 Å². The number of primary amides is 1. The second-order valence-corrected chi connectivity index (χ2v) is 4.93. The molecule has 0 spiro atoms. The Balaban J connectivity index is 2.21. The van der Waals surface area contributed by atoms with E-state index in [4.69, 9.17) is 17.3 Å². The monoisotopic (exact) mass is 282 g/mol. The highest BCUT2D eigenvalue weighted by atomic mass is 35.5. The van der Waals surface area contributed by atoms with Crippen LogP contribution in [0.3, 0.4) is 0 Å². The van der Waals surface area contributed by atoms with Gasteiger partial charge in [-0.15, -0.1) is 0 Å². The summed E-state index contributed by atoms with van der Waals surface area (Å²) in [6.07, 6.45) is 4.06. The second kappa shape index (κ2) is 5.41. The number of H-pyrrole nitrogens is 1. The van der Waals surface area contributed by atoms with Crippen molar-refractivity contribution in [3.05, 3.63) is 34.7 Å². The number of nitrogens with two attached hydrogens (primary N) is 1. The van der Waals surface area contributed by atoms with Gasteiger partial charge in [-0.3, -0.25) is 4.79 Å². The molecule has 0 saturated carbocycles. The maximum atomic E-state index is 11.0. The van der Waals surface area contributed by atoms with Gasteiger partial charge in [-0.25, -0.2) is 9.97 Å². The first kappa shape index (κ1) is 12.9. The minimum Gasteiger partial charge on any atom is -0.366 e. The van der Waals surface area contributed by atoms with E-state index in [0.29, 0.717) is 15.2 Å². The molecule has 0 fully saturated rings. The number of carbonyl (C=O) groups excluding carboxylic acids is 1. The Morgan fingerprint density at radius 2 is 2.28 bits per heavy atom. The van der Waals surface area contributed by atoms with Crippen molar-refractivity contribution in [1.29, 1.82) is 0 Å². The third-order valence-corrected chi connectivity index (χ3v) is 3.59. The number of amides is 1. The number of hydrogen-bond acceptors (Lipinski definition) is 4. The molecule has 0 radical (unpaired) electrons. The average Bonchev–Trinajstić information content (AvgIpc) is 2.79. The molecule has 94 valence electrons. The quantitative estimate of drug-likeness (QED) is 0.901. The van der Waals surface area contributed by atoms with Crippen LogP contribution in [0, 0.1) is 0 Å². The van der Waals surface area contributed by atoms with Crippen LogP contribution in [0.2, 0.25) is 5.02 Å². The molecule has 0 aliphatic heterocycles. The minimum atomic E-state index is -0.549. The number of hydrogen-bond donors (Lipinski definition) is 2. The van der Waals surface area contributed by atoms with Crippen molar-refractivity contribution in [3.8, 4) is 0 Å². The largest absolute Gasteiger partial charge is 0.366 e. The van der Waals surface area contributed by atoms with E-state index >= 15 is 0 Å². The third kappa shape index (κ3) is 2.83. The predicted octanol–water partition coefficient (Wildman–Crippen LogP) is 2.27. The summed E-state index contributed by atoms with van der Waals surface area (Å²) in [6, 6.07) is 1.50. The predicted molar refractivity (Wildman–Crippen MR) is 69.9 cm³/mol. The molecular weight excluding hydrogens is 272 g/mol. The highest BCUT2D eigenvalue weighted by molar-refractivity contribution is 7.99. The Kier molecular flexibility index (Phi) is 3.88. The van der Waals surface area contributed by atoms with Gasteiger partial charge in [-0.05, 0) is 24.2 Å². The normalized spacial score (nSPS) is 10.6. The molecule has 7 heteroatoms. The Morgan fingerprint density at radius 3 is 2.83 bits per heavy atom. The van der Waals surface area contributed by atoms with Crippen LogP contribution in [0.1, 0.15) is 23.0 Å². The molecule has 0 bridgehead atoms. The van der Waals surface area contributed by atoms with Crippen LogP contribution in [0.4, 0.5) is 0 Å². The number of imidazole rings is 1. The van der Waals surface area contributed by atoms with E-state index < -0.39 is 5.91 Å². The van der Waals surface area contributed by atoms with Crippen molar-refractivity contribution in [1.82, 2.24) is 15.0 Å². The van der Waals surface area contributed by atoms with Crippen LogP contribution in [0.25, 0.3) is 0 Å². The average molecular weight is 283 g/mol. The molecule has 2 rings (SSSR count). The molecule has 18 heavy (non-hydrogen) atoms. The third-order valence-electron chi connectivity index (χ3n) is 2.27. The van der Waals surface area contributed by atoms with Gasteiger partial charge in [-0.1, -0.05) is 18.5 Å². The van der Waals surface area contributed by atoms with Crippen molar-refractivity contribution < 1.29 is 4.79 Å². The Labute approximate surface area is 113 Å². The van der Waals surface area contributed by atoms with Gasteiger partial charge in [0.05, 0.1) is 10.6 Å². The van der Waals surface area contributed by atoms with Crippen LogP contribution < -0.4 is 5.73 Å². The fourth-order valence-electron chi connectivity index (χ4n) is 1.30. The van der Waals surface area contributed by atoms with Crippen LogP contribution >= 0.6 is 23.4 Å². The number of nitrogens with zero attached hydrogens (tertiary/aromatic N) is 2. The minimum absolute atomic E-state index is 0.290. The first-order valence-electron chi connectivity index (χ1n) is 5.27. The van der Waals surface area contributed by atoms with Gasteiger partial charge in [-0.2, -0.15) is 0 Å². The van der Waals surface area contributed by atoms with Gasteiger partial charge >= 0.3 is 0 Å². The van der Waals surface area contributed by atoms with Crippen LogP contribution in [-0.2, 0) is 6.42 Å². The second-order valence-electron chi connectivity index (χ2n) is 3.54. The Morgan fingerprint density at radius 1 is 1.50 bits per heavy atom. The lowest BCUT2D eigenvalue weighted by Gasteiger charge is -2.02. The summed E-state index contributed by atoms with van der Waals surface area (Å²) in [5, 5.41) is 1.68. The molecular formula is C11H11ClN4OS. The van der Waals surface area contributed by atoms with Crippen molar-refractivity contribution in [2.75, 3.05) is 0 Å². The summed E-state index contributed by atoms with van der Waals surface area (Å²) in [4.78, 5) is 22.4. The van der Waals surface area contributed by atoms with Gasteiger partial charge in [0.25, 0.3) is 0 Å². The number of rotatable bonds is 4. The summed E-state index contributed by atoms with van der Waals surface area (Å²) < 4.78 is 0. The molecule has 1 amide bonds. The molecule has 0 aromatic carbocycles. The summed E-state index contributed by atoms with van der Waals surface area (Å²) in [5.41, 5.74) is 6.48. The number of halogens is 1. The maximum Gasteiger partial charge on any atom is 0.250 e. The Hall–Kier alpha value is -1.53. The standard InChI is InChI=1S/C11H11ClN4OS/c1-2-7-5-15-11(16-7)18-10-8(12)3-6(4-14-10)9(13)17/h3-5H,2H2,1H3,(H2,13,17)(H,15,16). The molecule has 5 nitrogen and oxygen atoms in total. The van der Waals surface area contributed by atoms with E-state index in [1.54, 1.807) is 6.20 Å². The van der Waals surface area contributed by atoms with Crippen molar-refractivity contribution in [2.45, 2.75) is 23.5 Å². The molecule has 2 heterocycles. The molecule has 0 atom stereocenters. The summed E-state index contributed by atoms with van der Waals surface area (Å²) in [6.45, 7) is 2.04. The fraction of sp³-hybridized carbons (Fsp3) is 0.182. The zero-order valence-corrected chi connectivity index (χ0v) is 11.2. The molecule has 2 aromatic heterocycles. The molecule has 0 aliphatic rings. The highest BCUT2D eigenvalue weighted by Crippen LogP contribution is 2.30. The maximum absolute atomic E-state index is 11.0. The lowest BCUT2D eigenvalue weighted by atomic mass is 10.3. The first-order valence-corrected chi connectivity index (χ1v) is 6.46. The highest BCUT2D eigenvalue weighted by Gasteiger charge is 2.10. The smallest absolute Gasteiger partial charge is 0.250 e. The summed E-state index contributed by atoms with van der Waals surface area (Å²) in [5.74, 6) is -0.549. The molecule has 0 saturated heterocycles. The van der Waals surface area contributed by atoms with Crippen LogP contribution in [-0.4, -0.2) is 20.9 Å².